The highest BCUT2D eigenvalue weighted by Gasteiger charge is 2.54. The maximum Gasteiger partial charge on any atom is 0.239 e. The molecule has 0 amide bonds. The van der Waals surface area contributed by atoms with Gasteiger partial charge in [0.2, 0.25) is 17.5 Å². The van der Waals surface area contributed by atoms with Crippen molar-refractivity contribution in [2.45, 2.75) is 73.3 Å². The highest BCUT2D eigenvalue weighted by molar-refractivity contribution is 5.88. The molecule has 3 aliphatic rings. The number of benzene rings is 2. The maximum absolute atomic E-state index is 14.1. The standard InChI is InChI=1S/C33H40O20/c1-45-13-6-15(37)20-17(7-13)49-26(12-3-4-14(36)16(5-12)46-2)27(23(20)40)52-31-28(53-32-29(43)33(44,10-35)11-48-32)22(39)19(51-31)9-47-30-25(42)24(41)21(38)18(8-34)50-30/h3-7,18-19,21-22,24-25,28-32,34-39,41-44H,8-11H2,1-2H3/t18-,19-,21-,22+,24+,25-,28+,29+,30-,31-,32+,33+/m1/s1. The lowest BCUT2D eigenvalue weighted by atomic mass is 9.99. The number of aromatic hydroxyl groups is 2. The van der Waals surface area contributed by atoms with Gasteiger partial charge in [-0.1, -0.05) is 0 Å². The van der Waals surface area contributed by atoms with Crippen LogP contribution in [0.15, 0.2) is 39.5 Å². The van der Waals surface area contributed by atoms with Crippen LogP contribution in [0.4, 0.5) is 0 Å². The molecule has 10 N–H and O–H groups in total. The molecule has 4 heterocycles. The molecule has 3 fully saturated rings. The molecule has 0 bridgehead atoms. The van der Waals surface area contributed by atoms with Gasteiger partial charge >= 0.3 is 0 Å². The molecular formula is C33H40O20. The molecule has 3 saturated heterocycles. The monoisotopic (exact) mass is 756 g/mol. The molecule has 0 radical (unpaired) electrons. The van der Waals surface area contributed by atoms with E-state index in [1.54, 1.807) is 0 Å². The molecule has 0 aliphatic carbocycles. The van der Waals surface area contributed by atoms with Crippen molar-refractivity contribution in [1.82, 2.24) is 0 Å². The van der Waals surface area contributed by atoms with E-state index in [0.29, 0.717) is 0 Å². The quantitative estimate of drug-likeness (QED) is 0.0880. The molecule has 3 aromatic rings. The Morgan fingerprint density at radius 2 is 1.58 bits per heavy atom. The zero-order valence-electron chi connectivity index (χ0n) is 28.1. The first-order valence-corrected chi connectivity index (χ1v) is 16.2. The van der Waals surface area contributed by atoms with E-state index in [2.05, 4.69) is 0 Å². The number of phenols is 2. The third-order valence-corrected chi connectivity index (χ3v) is 9.26. The second kappa shape index (κ2) is 15.5. The number of hydrogen-bond acceptors (Lipinski definition) is 20. The van der Waals surface area contributed by atoms with Gasteiger partial charge in [0.15, 0.2) is 35.9 Å². The predicted molar refractivity (Wildman–Crippen MR) is 172 cm³/mol. The number of methoxy groups -OCH3 is 2. The van der Waals surface area contributed by atoms with E-state index in [9.17, 15) is 55.9 Å². The summed E-state index contributed by atoms with van der Waals surface area (Å²) in [5.41, 5.74) is -3.10. The largest absolute Gasteiger partial charge is 0.507 e. The molecule has 53 heavy (non-hydrogen) atoms. The minimum Gasteiger partial charge on any atom is -0.507 e. The highest BCUT2D eigenvalue weighted by atomic mass is 16.8. The fraction of sp³-hybridized carbons (Fsp3) is 0.545. The van der Waals surface area contributed by atoms with Crippen molar-refractivity contribution in [3.63, 3.8) is 0 Å². The average molecular weight is 757 g/mol. The van der Waals surface area contributed by atoms with Crippen molar-refractivity contribution < 1.29 is 93.4 Å². The van der Waals surface area contributed by atoms with Crippen LogP contribution in [0.5, 0.6) is 28.7 Å². The lowest BCUT2D eigenvalue weighted by Crippen LogP contribution is -2.59. The minimum absolute atomic E-state index is 0.0208. The number of rotatable bonds is 12. The second-order valence-corrected chi connectivity index (χ2v) is 12.7. The van der Waals surface area contributed by atoms with Gasteiger partial charge in [0.05, 0.1) is 40.6 Å². The van der Waals surface area contributed by atoms with Crippen molar-refractivity contribution in [2.75, 3.05) is 40.6 Å². The molecule has 1 aromatic heterocycles. The highest BCUT2D eigenvalue weighted by Crippen LogP contribution is 2.41. The van der Waals surface area contributed by atoms with Crippen molar-refractivity contribution in [3.05, 3.63) is 40.6 Å². The van der Waals surface area contributed by atoms with Crippen LogP contribution in [0.2, 0.25) is 0 Å². The van der Waals surface area contributed by atoms with Gasteiger partial charge in [-0.3, -0.25) is 4.79 Å². The summed E-state index contributed by atoms with van der Waals surface area (Å²) in [6.45, 7) is -2.86. The molecule has 3 aliphatic heterocycles. The number of hydrogen-bond donors (Lipinski definition) is 10. The Kier molecular flexibility index (Phi) is 11.3. The van der Waals surface area contributed by atoms with Gasteiger partial charge in [-0.15, -0.1) is 0 Å². The van der Waals surface area contributed by atoms with Crippen LogP contribution >= 0.6 is 0 Å². The number of aliphatic hydroxyl groups is 8. The van der Waals surface area contributed by atoms with Crippen molar-refractivity contribution >= 4 is 11.0 Å². The van der Waals surface area contributed by atoms with E-state index in [1.165, 1.54) is 38.5 Å². The molecule has 6 rings (SSSR count). The summed E-state index contributed by atoms with van der Waals surface area (Å²) in [6, 6.07) is 6.42. The molecule has 12 atom stereocenters. The molecule has 20 heteroatoms. The number of ether oxygens (including phenoxy) is 8. The summed E-state index contributed by atoms with van der Waals surface area (Å²) in [5, 5.41) is 103. The van der Waals surface area contributed by atoms with Crippen LogP contribution in [0.3, 0.4) is 0 Å². The third kappa shape index (κ3) is 7.22. The lowest BCUT2D eigenvalue weighted by Gasteiger charge is -2.39. The van der Waals surface area contributed by atoms with Crippen molar-refractivity contribution in [1.29, 1.82) is 0 Å². The Bertz CT molecular complexity index is 1820. The third-order valence-electron chi connectivity index (χ3n) is 9.26. The van der Waals surface area contributed by atoms with Gasteiger partial charge in [-0.05, 0) is 18.2 Å². The molecular weight excluding hydrogens is 716 g/mol. The topological polar surface area (TPSA) is 306 Å². The Balaban J connectivity index is 1.38. The van der Waals surface area contributed by atoms with Crippen LogP contribution in [-0.4, -0.2) is 165 Å². The van der Waals surface area contributed by atoms with E-state index in [4.69, 9.17) is 42.3 Å². The Morgan fingerprint density at radius 1 is 0.849 bits per heavy atom. The number of aliphatic hydroxyl groups excluding tert-OH is 7. The van der Waals surface area contributed by atoms with Gasteiger partial charge in [0, 0.05) is 17.7 Å². The number of phenolic OH excluding ortho intramolecular Hbond substituents is 2. The molecule has 292 valence electrons. The maximum atomic E-state index is 14.1. The van der Waals surface area contributed by atoms with Crippen molar-refractivity contribution in [2.24, 2.45) is 0 Å². The normalized spacial score (nSPS) is 34.4. The van der Waals surface area contributed by atoms with E-state index < -0.39 is 117 Å². The summed E-state index contributed by atoms with van der Waals surface area (Å²) in [4.78, 5) is 14.1. The first-order chi connectivity index (χ1) is 25.2. The van der Waals surface area contributed by atoms with Crippen LogP contribution in [0.1, 0.15) is 0 Å². The summed E-state index contributed by atoms with van der Waals surface area (Å²) < 4.78 is 50.6. The minimum atomic E-state index is -2.14. The summed E-state index contributed by atoms with van der Waals surface area (Å²) in [6.07, 6.45) is -18.4. The van der Waals surface area contributed by atoms with Gasteiger partial charge < -0.3 is 93.4 Å². The van der Waals surface area contributed by atoms with Gasteiger partial charge in [0.1, 0.15) is 70.8 Å². The average Bonchev–Trinajstić information content (AvgIpc) is 3.60. The van der Waals surface area contributed by atoms with Gasteiger partial charge in [0.25, 0.3) is 0 Å². The zero-order valence-corrected chi connectivity index (χ0v) is 28.1. The van der Waals surface area contributed by atoms with E-state index in [-0.39, 0.29) is 39.5 Å². The van der Waals surface area contributed by atoms with Crippen LogP contribution in [-0.2, 0) is 23.7 Å². The van der Waals surface area contributed by atoms with E-state index in [0.717, 1.165) is 6.07 Å². The fourth-order valence-corrected chi connectivity index (χ4v) is 6.15. The molecule has 0 saturated carbocycles. The first-order valence-electron chi connectivity index (χ1n) is 16.2. The lowest BCUT2D eigenvalue weighted by molar-refractivity contribution is -0.306. The summed E-state index contributed by atoms with van der Waals surface area (Å²) in [5.74, 6) is -1.57. The molecule has 2 aromatic carbocycles. The van der Waals surface area contributed by atoms with Gasteiger partial charge in [-0.2, -0.15) is 0 Å². The number of fused-ring (bicyclic) bond motifs is 1. The van der Waals surface area contributed by atoms with Gasteiger partial charge in [-0.25, -0.2) is 0 Å². The zero-order chi connectivity index (χ0) is 38.4. The fourth-order valence-electron chi connectivity index (χ4n) is 6.15. The Labute approximate surface area is 299 Å². The first kappa shape index (κ1) is 38.8. The molecule has 0 unspecified atom stereocenters. The summed E-state index contributed by atoms with van der Waals surface area (Å²) >= 11 is 0. The van der Waals surface area contributed by atoms with E-state index in [1.807, 2.05) is 0 Å². The molecule has 20 nitrogen and oxygen atoms in total. The molecule has 0 spiro atoms. The second-order valence-electron chi connectivity index (χ2n) is 12.7. The SMILES string of the molecule is COc1cc(O)c2c(=O)c(O[C@H]3O[C@H](CO[C@@H]4O[C@H](CO)[C@@H](O)[C@H](O)[C@H]4O)[C@H](O)[C@@H]3O[C@@H]3OC[C@@](O)(CO)[C@H]3O)c(-c3ccc(O)c(OC)c3)oc2c1. The predicted octanol–water partition coefficient (Wildman–Crippen LogP) is -3.00. The van der Waals surface area contributed by atoms with Crippen LogP contribution in [0.25, 0.3) is 22.3 Å². The van der Waals surface area contributed by atoms with Crippen LogP contribution in [0, 0.1) is 0 Å². The van der Waals surface area contributed by atoms with Crippen molar-refractivity contribution in [3.8, 4) is 40.1 Å². The summed E-state index contributed by atoms with van der Waals surface area (Å²) in [7, 11) is 2.62. The smallest absolute Gasteiger partial charge is 0.239 e. The van der Waals surface area contributed by atoms with Crippen LogP contribution < -0.4 is 19.6 Å². The Hall–Kier alpha value is -3.87. The Morgan fingerprint density at radius 3 is 2.25 bits per heavy atom. The van der Waals surface area contributed by atoms with E-state index >= 15 is 0 Å².